The molecule has 1 aromatic heterocycles. The number of aromatic amines is 1. The zero-order valence-electron chi connectivity index (χ0n) is 6.55. The van der Waals surface area contributed by atoms with E-state index in [0.29, 0.717) is 11.2 Å². The zero-order chi connectivity index (χ0) is 8.27. The zero-order valence-corrected chi connectivity index (χ0v) is 7.36. The smallest absolute Gasteiger partial charge is 0.130 e. The highest BCUT2D eigenvalue weighted by Crippen LogP contribution is 1.97. The number of hydrogen-bond donors (Lipinski definition) is 1. The molecular formula is C7H10N2OS. The van der Waals surface area contributed by atoms with Crippen molar-refractivity contribution in [3.8, 4) is 0 Å². The Kier molecular flexibility index (Phi) is 2.73. The fraction of sp³-hybridized carbons (Fsp3) is 0.429. The minimum atomic E-state index is 0.549. The predicted octanol–water partition coefficient (Wildman–Crippen LogP) is 1.59. The summed E-state index contributed by atoms with van der Waals surface area (Å²) in [5.74, 6) is 0.824. The third kappa shape index (κ3) is 2.40. The van der Waals surface area contributed by atoms with Crippen LogP contribution < -0.4 is 0 Å². The molecule has 0 radical (unpaired) electrons. The first-order chi connectivity index (χ1) is 5.22. The lowest BCUT2D eigenvalue weighted by Crippen LogP contribution is -1.96. The van der Waals surface area contributed by atoms with Crippen molar-refractivity contribution in [1.82, 2.24) is 9.97 Å². The van der Waals surface area contributed by atoms with E-state index in [2.05, 4.69) is 9.97 Å². The van der Waals surface area contributed by atoms with E-state index in [-0.39, 0.29) is 0 Å². The molecule has 0 atom stereocenters. The number of hydrogen-bond acceptors (Lipinski definition) is 3. The molecule has 0 bridgehead atoms. The Labute approximate surface area is 70.4 Å². The highest BCUT2D eigenvalue weighted by atomic mass is 32.1. The number of methoxy groups -OCH3 is 1. The minimum absolute atomic E-state index is 0.549. The van der Waals surface area contributed by atoms with Crippen molar-refractivity contribution < 1.29 is 4.74 Å². The quantitative estimate of drug-likeness (QED) is 0.685. The molecule has 1 rings (SSSR count). The second kappa shape index (κ2) is 3.59. The maximum Gasteiger partial charge on any atom is 0.130 e. The topological polar surface area (TPSA) is 37.9 Å². The molecule has 4 heteroatoms. The summed E-state index contributed by atoms with van der Waals surface area (Å²) in [4.78, 5) is 7.07. The average molecular weight is 170 g/mol. The van der Waals surface area contributed by atoms with Gasteiger partial charge in [0, 0.05) is 12.8 Å². The van der Waals surface area contributed by atoms with E-state index in [1.54, 1.807) is 13.2 Å². The van der Waals surface area contributed by atoms with Gasteiger partial charge in [-0.05, 0) is 13.0 Å². The Hall–Kier alpha value is -0.740. The van der Waals surface area contributed by atoms with E-state index in [0.717, 1.165) is 11.5 Å². The van der Waals surface area contributed by atoms with E-state index < -0.39 is 0 Å². The first-order valence-electron chi connectivity index (χ1n) is 3.28. The molecule has 0 aromatic carbocycles. The summed E-state index contributed by atoms with van der Waals surface area (Å²) in [6.45, 7) is 2.42. The Bertz CT molecular complexity index is 295. The van der Waals surface area contributed by atoms with Crippen LogP contribution in [0.3, 0.4) is 0 Å². The van der Waals surface area contributed by atoms with Crippen LogP contribution in [0, 0.1) is 11.6 Å². The molecule has 0 spiro atoms. The van der Waals surface area contributed by atoms with Gasteiger partial charge < -0.3 is 9.72 Å². The molecule has 0 fully saturated rings. The molecule has 1 heterocycles. The van der Waals surface area contributed by atoms with Gasteiger partial charge in [-0.1, -0.05) is 12.2 Å². The van der Waals surface area contributed by atoms with Crippen LogP contribution >= 0.6 is 12.2 Å². The van der Waals surface area contributed by atoms with Gasteiger partial charge in [0.05, 0.1) is 6.61 Å². The summed E-state index contributed by atoms with van der Waals surface area (Å²) in [6, 6.07) is 1.80. The molecule has 0 amide bonds. The van der Waals surface area contributed by atoms with Crippen LogP contribution in [0.4, 0.5) is 0 Å². The monoisotopic (exact) mass is 170 g/mol. The Morgan fingerprint density at radius 2 is 2.45 bits per heavy atom. The van der Waals surface area contributed by atoms with Gasteiger partial charge in [-0.3, -0.25) is 0 Å². The second-order valence-electron chi connectivity index (χ2n) is 2.26. The molecule has 0 aliphatic heterocycles. The second-order valence-corrected chi connectivity index (χ2v) is 2.68. The van der Waals surface area contributed by atoms with Gasteiger partial charge in [-0.2, -0.15) is 0 Å². The van der Waals surface area contributed by atoms with Gasteiger partial charge in [0.1, 0.15) is 10.5 Å². The van der Waals surface area contributed by atoms with Crippen LogP contribution in [0.15, 0.2) is 6.07 Å². The summed E-state index contributed by atoms with van der Waals surface area (Å²) in [5, 5.41) is 0. The van der Waals surface area contributed by atoms with Crippen LogP contribution in [-0.2, 0) is 11.3 Å². The molecule has 0 aliphatic carbocycles. The van der Waals surface area contributed by atoms with E-state index in [1.165, 1.54) is 0 Å². The average Bonchev–Trinajstić information content (AvgIpc) is 1.85. The normalized spacial score (nSPS) is 10.0. The van der Waals surface area contributed by atoms with E-state index in [9.17, 15) is 0 Å². The molecule has 60 valence electrons. The van der Waals surface area contributed by atoms with Crippen LogP contribution in [0.2, 0.25) is 0 Å². The van der Waals surface area contributed by atoms with Crippen LogP contribution in [0.5, 0.6) is 0 Å². The first-order valence-corrected chi connectivity index (χ1v) is 3.69. The molecule has 0 aliphatic rings. The molecular weight excluding hydrogens is 160 g/mol. The lowest BCUT2D eigenvalue weighted by molar-refractivity contribution is 0.181. The van der Waals surface area contributed by atoms with Crippen molar-refractivity contribution in [3.63, 3.8) is 0 Å². The van der Waals surface area contributed by atoms with Gasteiger partial charge in [-0.15, -0.1) is 0 Å². The molecule has 11 heavy (non-hydrogen) atoms. The third-order valence-electron chi connectivity index (χ3n) is 1.22. The number of aryl methyl sites for hydroxylation is 1. The number of rotatable bonds is 2. The van der Waals surface area contributed by atoms with Crippen molar-refractivity contribution in [2.45, 2.75) is 13.5 Å². The number of nitrogens with one attached hydrogen (secondary N) is 1. The Morgan fingerprint density at radius 3 is 3.00 bits per heavy atom. The third-order valence-corrected chi connectivity index (χ3v) is 1.43. The van der Waals surface area contributed by atoms with Crippen molar-refractivity contribution in [3.05, 3.63) is 22.2 Å². The number of nitrogens with zero attached hydrogens (tertiary/aromatic N) is 1. The fourth-order valence-electron chi connectivity index (χ4n) is 0.876. The summed E-state index contributed by atoms with van der Waals surface area (Å²) >= 11 is 4.91. The van der Waals surface area contributed by atoms with E-state index in [1.807, 2.05) is 6.92 Å². The Balaban J connectivity index is 2.99. The lowest BCUT2D eigenvalue weighted by atomic mass is 10.4. The number of ether oxygens (including phenoxy) is 1. The Morgan fingerprint density at radius 1 is 1.73 bits per heavy atom. The highest BCUT2D eigenvalue weighted by molar-refractivity contribution is 7.71. The maximum absolute atomic E-state index is 4.93. The maximum atomic E-state index is 4.93. The first kappa shape index (κ1) is 8.36. The van der Waals surface area contributed by atoms with Crippen LogP contribution in [0.25, 0.3) is 0 Å². The summed E-state index contributed by atoms with van der Waals surface area (Å²) < 4.78 is 5.54. The van der Waals surface area contributed by atoms with Gasteiger partial charge in [0.2, 0.25) is 0 Å². The molecule has 1 N–H and O–H groups in total. The standard InChI is InChI=1S/C7H10N2OS/c1-5-8-6(4-10-2)3-7(11)9-5/h3H,4H2,1-2H3,(H,8,9,11). The van der Waals surface area contributed by atoms with E-state index in [4.69, 9.17) is 17.0 Å². The molecule has 0 unspecified atom stereocenters. The van der Waals surface area contributed by atoms with Crippen molar-refractivity contribution in [2.24, 2.45) is 0 Å². The molecule has 0 saturated carbocycles. The highest BCUT2D eigenvalue weighted by Gasteiger charge is 1.92. The van der Waals surface area contributed by atoms with Gasteiger partial charge in [0.25, 0.3) is 0 Å². The number of aromatic nitrogens is 2. The lowest BCUT2D eigenvalue weighted by Gasteiger charge is -2.00. The number of H-pyrrole nitrogens is 1. The van der Waals surface area contributed by atoms with Crippen molar-refractivity contribution in [2.75, 3.05) is 7.11 Å². The van der Waals surface area contributed by atoms with E-state index >= 15 is 0 Å². The van der Waals surface area contributed by atoms with Crippen LogP contribution in [0.1, 0.15) is 11.5 Å². The minimum Gasteiger partial charge on any atom is -0.378 e. The van der Waals surface area contributed by atoms with Gasteiger partial charge in [-0.25, -0.2) is 4.98 Å². The fourth-order valence-corrected chi connectivity index (χ4v) is 1.16. The molecule has 3 nitrogen and oxygen atoms in total. The van der Waals surface area contributed by atoms with Gasteiger partial charge in [0.15, 0.2) is 0 Å². The summed E-state index contributed by atoms with van der Waals surface area (Å²) in [6.07, 6.45) is 0. The van der Waals surface area contributed by atoms with Crippen molar-refractivity contribution >= 4 is 12.2 Å². The molecule has 0 saturated heterocycles. The summed E-state index contributed by atoms with van der Waals surface area (Å²) in [5.41, 5.74) is 0.963. The van der Waals surface area contributed by atoms with Crippen LogP contribution in [-0.4, -0.2) is 17.1 Å². The predicted molar refractivity (Wildman–Crippen MR) is 44.9 cm³/mol. The molecule has 1 aromatic rings. The van der Waals surface area contributed by atoms with Gasteiger partial charge >= 0.3 is 0 Å². The SMILES string of the molecule is COCc1cc(=S)nc(C)[nH]1. The largest absolute Gasteiger partial charge is 0.378 e. The summed E-state index contributed by atoms with van der Waals surface area (Å²) in [7, 11) is 1.65. The van der Waals surface area contributed by atoms with Crippen molar-refractivity contribution in [1.29, 1.82) is 0 Å².